The monoisotopic (exact) mass is 257 g/mol. The summed E-state index contributed by atoms with van der Waals surface area (Å²) in [6, 6.07) is 5.71. The van der Waals surface area contributed by atoms with Crippen LogP contribution in [0.2, 0.25) is 0 Å². The molecule has 100 valence electrons. The van der Waals surface area contributed by atoms with Crippen LogP contribution in [0.25, 0.3) is 0 Å². The first-order valence-electron chi connectivity index (χ1n) is 7.01. The lowest BCUT2D eigenvalue weighted by molar-refractivity contribution is -0.117. The molecule has 0 spiro atoms. The number of fused-ring (bicyclic) bond motifs is 1. The highest BCUT2D eigenvalue weighted by Crippen LogP contribution is 2.35. The predicted molar refractivity (Wildman–Crippen MR) is 74.4 cm³/mol. The molecule has 3 heteroatoms. The smallest absolute Gasteiger partial charge is 0.231 e. The Morgan fingerprint density at radius 2 is 2.11 bits per heavy atom. The van der Waals surface area contributed by atoms with Gasteiger partial charge in [0.25, 0.3) is 0 Å². The fourth-order valence-corrected chi connectivity index (χ4v) is 3.37. The van der Waals surface area contributed by atoms with E-state index in [-0.39, 0.29) is 17.6 Å². The molecule has 2 unspecified atom stereocenters. The van der Waals surface area contributed by atoms with Gasteiger partial charge in [-0.1, -0.05) is 13.3 Å². The van der Waals surface area contributed by atoms with E-state index in [0.717, 1.165) is 36.1 Å². The number of carbonyl (C=O) groups excluding carboxylic acids is 2. The zero-order valence-corrected chi connectivity index (χ0v) is 11.5. The number of benzene rings is 1. The van der Waals surface area contributed by atoms with Gasteiger partial charge in [0.1, 0.15) is 0 Å². The molecule has 0 radical (unpaired) electrons. The highest BCUT2D eigenvalue weighted by Gasteiger charge is 2.31. The Kier molecular flexibility index (Phi) is 2.92. The maximum absolute atomic E-state index is 12.5. The number of rotatable bonds is 2. The Bertz CT molecular complexity index is 550. The van der Waals surface area contributed by atoms with Crippen molar-refractivity contribution in [3.8, 4) is 0 Å². The SMILES string of the molecule is CC1CCCC1C(=O)c1ccc2c(c1)CC(=O)N2C. The van der Waals surface area contributed by atoms with Crippen LogP contribution < -0.4 is 4.90 Å². The van der Waals surface area contributed by atoms with E-state index in [0.29, 0.717) is 12.3 Å². The standard InChI is InChI=1S/C16H19NO2/c1-10-4-3-5-13(10)16(19)11-6-7-14-12(8-11)9-15(18)17(14)2/h6-8,10,13H,3-5,9H2,1-2H3. The molecular weight excluding hydrogens is 238 g/mol. The number of nitrogens with zero attached hydrogens (tertiary/aromatic N) is 1. The van der Waals surface area contributed by atoms with Gasteiger partial charge in [-0.05, 0) is 42.5 Å². The molecule has 0 aromatic heterocycles. The average molecular weight is 257 g/mol. The third kappa shape index (κ3) is 1.97. The van der Waals surface area contributed by atoms with E-state index >= 15 is 0 Å². The number of ketones is 1. The molecule has 1 aromatic carbocycles. The quantitative estimate of drug-likeness (QED) is 0.764. The average Bonchev–Trinajstić information content (AvgIpc) is 2.93. The molecule has 1 heterocycles. The normalized spacial score (nSPS) is 25.8. The summed E-state index contributed by atoms with van der Waals surface area (Å²) in [4.78, 5) is 25.9. The molecule has 19 heavy (non-hydrogen) atoms. The first-order valence-corrected chi connectivity index (χ1v) is 7.01. The molecule has 3 nitrogen and oxygen atoms in total. The van der Waals surface area contributed by atoms with Crippen LogP contribution in [-0.4, -0.2) is 18.7 Å². The minimum absolute atomic E-state index is 0.105. The second kappa shape index (κ2) is 4.48. The van der Waals surface area contributed by atoms with Gasteiger partial charge in [0, 0.05) is 24.2 Å². The minimum atomic E-state index is 0.105. The van der Waals surface area contributed by atoms with Crippen molar-refractivity contribution in [3.63, 3.8) is 0 Å². The lowest BCUT2D eigenvalue weighted by Gasteiger charge is -2.15. The zero-order valence-electron chi connectivity index (χ0n) is 11.5. The van der Waals surface area contributed by atoms with E-state index in [4.69, 9.17) is 0 Å². The molecular formula is C16H19NO2. The van der Waals surface area contributed by atoms with Crippen LogP contribution in [0.1, 0.15) is 42.1 Å². The molecule has 3 rings (SSSR count). The topological polar surface area (TPSA) is 37.4 Å². The molecule has 2 aliphatic rings. The van der Waals surface area contributed by atoms with Gasteiger partial charge in [-0.25, -0.2) is 0 Å². The highest BCUT2D eigenvalue weighted by atomic mass is 16.2. The van der Waals surface area contributed by atoms with Crippen molar-refractivity contribution in [3.05, 3.63) is 29.3 Å². The number of hydrogen-bond acceptors (Lipinski definition) is 2. The molecule has 1 aliphatic carbocycles. The van der Waals surface area contributed by atoms with E-state index in [1.807, 2.05) is 18.2 Å². The molecule has 1 fully saturated rings. The van der Waals surface area contributed by atoms with Crippen LogP contribution in [0.15, 0.2) is 18.2 Å². The second-order valence-corrected chi connectivity index (χ2v) is 5.85. The molecule has 0 N–H and O–H groups in total. The summed E-state index contributed by atoms with van der Waals surface area (Å²) >= 11 is 0. The van der Waals surface area contributed by atoms with Gasteiger partial charge in [-0.3, -0.25) is 9.59 Å². The maximum atomic E-state index is 12.5. The third-order valence-electron chi connectivity index (χ3n) is 4.64. The first-order chi connectivity index (χ1) is 9.08. The van der Waals surface area contributed by atoms with E-state index in [2.05, 4.69) is 6.92 Å². The molecule has 1 saturated carbocycles. The Hall–Kier alpha value is -1.64. The number of carbonyl (C=O) groups is 2. The fourth-order valence-electron chi connectivity index (χ4n) is 3.37. The van der Waals surface area contributed by atoms with E-state index in [1.165, 1.54) is 0 Å². The van der Waals surface area contributed by atoms with Crippen molar-refractivity contribution < 1.29 is 9.59 Å². The maximum Gasteiger partial charge on any atom is 0.231 e. The summed E-state index contributed by atoms with van der Waals surface area (Å²) in [6.45, 7) is 2.17. The summed E-state index contributed by atoms with van der Waals surface area (Å²) in [5, 5.41) is 0. The number of anilines is 1. The summed E-state index contributed by atoms with van der Waals surface area (Å²) in [5.74, 6) is 1.03. The molecule has 2 atom stereocenters. The fraction of sp³-hybridized carbons (Fsp3) is 0.500. The Labute approximate surface area is 113 Å². The van der Waals surface area contributed by atoms with Crippen LogP contribution in [0.3, 0.4) is 0 Å². The van der Waals surface area contributed by atoms with Crippen LogP contribution in [0, 0.1) is 11.8 Å². The van der Waals surface area contributed by atoms with E-state index in [1.54, 1.807) is 11.9 Å². The number of likely N-dealkylation sites (N-methyl/N-ethyl adjacent to an activating group) is 1. The second-order valence-electron chi connectivity index (χ2n) is 5.85. The van der Waals surface area contributed by atoms with Crippen LogP contribution in [-0.2, 0) is 11.2 Å². The third-order valence-corrected chi connectivity index (χ3v) is 4.64. The van der Waals surface area contributed by atoms with Gasteiger partial charge in [0.15, 0.2) is 5.78 Å². The van der Waals surface area contributed by atoms with Gasteiger partial charge in [0.2, 0.25) is 5.91 Å². The number of hydrogen-bond donors (Lipinski definition) is 0. The van der Waals surface area contributed by atoms with Crippen molar-refractivity contribution in [2.45, 2.75) is 32.6 Å². The van der Waals surface area contributed by atoms with Crippen molar-refractivity contribution in [2.75, 3.05) is 11.9 Å². The summed E-state index contributed by atoms with van der Waals surface area (Å²) in [6.07, 6.45) is 3.75. The Balaban J connectivity index is 1.89. The molecule has 0 saturated heterocycles. The van der Waals surface area contributed by atoms with Gasteiger partial charge in [-0.15, -0.1) is 0 Å². The lowest BCUT2D eigenvalue weighted by atomic mass is 9.89. The minimum Gasteiger partial charge on any atom is -0.315 e. The zero-order chi connectivity index (χ0) is 13.6. The summed E-state index contributed by atoms with van der Waals surface area (Å²) < 4.78 is 0. The molecule has 1 aromatic rings. The largest absolute Gasteiger partial charge is 0.315 e. The van der Waals surface area contributed by atoms with Gasteiger partial charge in [-0.2, -0.15) is 0 Å². The van der Waals surface area contributed by atoms with Crippen molar-refractivity contribution in [1.82, 2.24) is 0 Å². The highest BCUT2D eigenvalue weighted by molar-refractivity contribution is 6.04. The van der Waals surface area contributed by atoms with Crippen molar-refractivity contribution in [1.29, 1.82) is 0 Å². The van der Waals surface area contributed by atoms with Crippen molar-refractivity contribution in [2.24, 2.45) is 11.8 Å². The van der Waals surface area contributed by atoms with Gasteiger partial charge in [0.05, 0.1) is 6.42 Å². The van der Waals surface area contributed by atoms with Crippen LogP contribution in [0.4, 0.5) is 5.69 Å². The van der Waals surface area contributed by atoms with E-state index in [9.17, 15) is 9.59 Å². The van der Waals surface area contributed by atoms with Crippen molar-refractivity contribution >= 4 is 17.4 Å². The van der Waals surface area contributed by atoms with Gasteiger partial charge >= 0.3 is 0 Å². The Morgan fingerprint density at radius 3 is 2.79 bits per heavy atom. The summed E-state index contributed by atoms with van der Waals surface area (Å²) in [7, 11) is 1.79. The lowest BCUT2D eigenvalue weighted by Crippen LogP contribution is -2.20. The molecule has 1 aliphatic heterocycles. The number of Topliss-reactive ketones (excluding diaryl/α,β-unsaturated/α-hetero) is 1. The van der Waals surface area contributed by atoms with Crippen LogP contribution >= 0.6 is 0 Å². The molecule has 1 amide bonds. The summed E-state index contributed by atoms with van der Waals surface area (Å²) in [5.41, 5.74) is 2.71. The molecule has 0 bridgehead atoms. The Morgan fingerprint density at radius 1 is 1.32 bits per heavy atom. The first kappa shape index (κ1) is 12.4. The van der Waals surface area contributed by atoms with Gasteiger partial charge < -0.3 is 4.90 Å². The van der Waals surface area contributed by atoms with E-state index < -0.39 is 0 Å². The predicted octanol–water partition coefficient (Wildman–Crippen LogP) is 2.82. The number of amides is 1. The van der Waals surface area contributed by atoms with Crippen LogP contribution in [0.5, 0.6) is 0 Å².